The zero-order chi connectivity index (χ0) is 10.3. The summed E-state index contributed by atoms with van der Waals surface area (Å²) in [6.07, 6.45) is 1.43. The van der Waals surface area contributed by atoms with Crippen molar-refractivity contribution in [2.75, 3.05) is 10.6 Å². The van der Waals surface area contributed by atoms with Crippen LogP contribution in [0, 0.1) is 0 Å². The topological polar surface area (TPSA) is 24.1 Å². The normalized spacial score (nSPS) is 14.7. The molecule has 0 aliphatic carbocycles. The van der Waals surface area contributed by atoms with Crippen LogP contribution in [0.15, 0.2) is 36.4 Å². The van der Waals surface area contributed by atoms with Gasteiger partial charge in [0, 0.05) is 16.8 Å². The van der Waals surface area contributed by atoms with Gasteiger partial charge in [-0.2, -0.15) is 0 Å². The van der Waals surface area contributed by atoms with Crippen molar-refractivity contribution in [1.29, 1.82) is 0 Å². The summed E-state index contributed by atoms with van der Waals surface area (Å²) in [6, 6.07) is 12.8. The molecule has 1 heterocycles. The highest BCUT2D eigenvalue weighted by molar-refractivity contribution is 6.04. The highest BCUT2D eigenvalue weighted by atomic mass is 15.1. The molecule has 0 fully saturated rings. The SMILES string of the molecule is CCC1Nc2cccc3cccc(c23)N1. The summed E-state index contributed by atoms with van der Waals surface area (Å²) in [7, 11) is 0. The van der Waals surface area contributed by atoms with E-state index in [2.05, 4.69) is 54.0 Å². The minimum absolute atomic E-state index is 0.352. The average molecular weight is 198 g/mol. The number of benzene rings is 2. The Bertz CT molecular complexity index is 464. The number of hydrogen-bond donors (Lipinski definition) is 2. The molecular weight excluding hydrogens is 184 g/mol. The molecule has 2 aromatic rings. The van der Waals surface area contributed by atoms with Crippen molar-refractivity contribution in [1.82, 2.24) is 0 Å². The first-order valence-corrected chi connectivity index (χ1v) is 5.43. The minimum Gasteiger partial charge on any atom is -0.365 e. The second-order valence-electron chi connectivity index (χ2n) is 3.96. The van der Waals surface area contributed by atoms with Gasteiger partial charge in [0.1, 0.15) is 0 Å². The molecule has 2 heteroatoms. The first kappa shape index (κ1) is 8.60. The van der Waals surface area contributed by atoms with Crippen LogP contribution in [0.25, 0.3) is 10.8 Å². The lowest BCUT2D eigenvalue weighted by Gasteiger charge is -2.28. The Hall–Kier alpha value is -1.70. The smallest absolute Gasteiger partial charge is 0.0961 e. The Labute approximate surface area is 89.3 Å². The fourth-order valence-corrected chi connectivity index (χ4v) is 2.20. The van der Waals surface area contributed by atoms with Crippen LogP contribution in [-0.2, 0) is 0 Å². The third-order valence-electron chi connectivity index (χ3n) is 2.97. The average Bonchev–Trinajstić information content (AvgIpc) is 2.29. The van der Waals surface area contributed by atoms with Crippen LogP contribution < -0.4 is 10.6 Å². The molecule has 0 saturated heterocycles. The van der Waals surface area contributed by atoms with Crippen molar-refractivity contribution in [3.05, 3.63) is 36.4 Å². The van der Waals surface area contributed by atoms with Crippen LogP contribution >= 0.6 is 0 Å². The van der Waals surface area contributed by atoms with Gasteiger partial charge in [0.15, 0.2) is 0 Å². The lowest BCUT2D eigenvalue weighted by Crippen LogP contribution is -2.30. The van der Waals surface area contributed by atoms with Crippen LogP contribution in [0.1, 0.15) is 13.3 Å². The molecule has 0 saturated carbocycles. The lowest BCUT2D eigenvalue weighted by atomic mass is 10.0. The van der Waals surface area contributed by atoms with E-state index < -0.39 is 0 Å². The van der Waals surface area contributed by atoms with Crippen LogP contribution in [-0.4, -0.2) is 6.17 Å². The van der Waals surface area contributed by atoms with Gasteiger partial charge < -0.3 is 10.6 Å². The number of anilines is 2. The maximum absolute atomic E-state index is 3.50. The molecular formula is C13H14N2. The van der Waals surface area contributed by atoms with Crippen molar-refractivity contribution in [2.45, 2.75) is 19.5 Å². The predicted octanol–water partition coefficient (Wildman–Crippen LogP) is 3.41. The van der Waals surface area contributed by atoms with Crippen molar-refractivity contribution < 1.29 is 0 Å². The van der Waals surface area contributed by atoms with Gasteiger partial charge in [0.05, 0.1) is 6.17 Å². The number of rotatable bonds is 1. The molecule has 15 heavy (non-hydrogen) atoms. The Morgan fingerprint density at radius 3 is 2.13 bits per heavy atom. The quantitative estimate of drug-likeness (QED) is 0.733. The van der Waals surface area contributed by atoms with E-state index >= 15 is 0 Å². The summed E-state index contributed by atoms with van der Waals surface area (Å²) in [6.45, 7) is 2.18. The Morgan fingerprint density at radius 2 is 1.60 bits per heavy atom. The van der Waals surface area contributed by atoms with Crippen LogP contribution in [0.4, 0.5) is 11.4 Å². The highest BCUT2D eigenvalue weighted by Gasteiger charge is 2.16. The molecule has 76 valence electrons. The van der Waals surface area contributed by atoms with Crippen LogP contribution in [0.3, 0.4) is 0 Å². The first-order valence-electron chi connectivity index (χ1n) is 5.43. The van der Waals surface area contributed by atoms with Gasteiger partial charge in [-0.3, -0.25) is 0 Å². The van der Waals surface area contributed by atoms with E-state index in [1.165, 1.54) is 22.1 Å². The molecule has 0 radical (unpaired) electrons. The molecule has 1 aliphatic rings. The Morgan fingerprint density at radius 1 is 1.00 bits per heavy atom. The van der Waals surface area contributed by atoms with E-state index in [1.807, 2.05) is 0 Å². The van der Waals surface area contributed by atoms with Crippen molar-refractivity contribution >= 4 is 22.1 Å². The molecule has 0 spiro atoms. The van der Waals surface area contributed by atoms with Gasteiger partial charge in [-0.25, -0.2) is 0 Å². The largest absolute Gasteiger partial charge is 0.365 e. The molecule has 1 aliphatic heterocycles. The van der Waals surface area contributed by atoms with E-state index in [1.54, 1.807) is 0 Å². The Balaban J connectivity index is 2.27. The van der Waals surface area contributed by atoms with Crippen molar-refractivity contribution in [3.8, 4) is 0 Å². The summed E-state index contributed by atoms with van der Waals surface area (Å²) in [5, 5.41) is 9.60. The highest BCUT2D eigenvalue weighted by Crippen LogP contribution is 2.34. The van der Waals surface area contributed by atoms with E-state index in [0.29, 0.717) is 6.17 Å². The van der Waals surface area contributed by atoms with E-state index in [4.69, 9.17) is 0 Å². The number of nitrogens with one attached hydrogen (secondary N) is 2. The van der Waals surface area contributed by atoms with Gasteiger partial charge in [-0.15, -0.1) is 0 Å². The van der Waals surface area contributed by atoms with E-state index in [9.17, 15) is 0 Å². The maximum atomic E-state index is 3.50. The Kier molecular flexibility index (Phi) is 1.81. The molecule has 2 aromatic carbocycles. The standard InChI is InChI=1S/C13H14N2/c1-2-12-14-10-7-3-5-9-6-4-8-11(15-12)13(9)10/h3-8,12,14-15H,2H2,1H3. The van der Waals surface area contributed by atoms with Gasteiger partial charge in [0.2, 0.25) is 0 Å². The minimum atomic E-state index is 0.352. The van der Waals surface area contributed by atoms with E-state index in [0.717, 1.165) is 6.42 Å². The molecule has 0 unspecified atom stereocenters. The van der Waals surface area contributed by atoms with E-state index in [-0.39, 0.29) is 0 Å². The molecule has 3 rings (SSSR count). The molecule has 0 atom stereocenters. The van der Waals surface area contributed by atoms with Gasteiger partial charge >= 0.3 is 0 Å². The van der Waals surface area contributed by atoms with Gasteiger partial charge in [0.25, 0.3) is 0 Å². The van der Waals surface area contributed by atoms with Gasteiger partial charge in [-0.05, 0) is 23.9 Å². The first-order chi connectivity index (χ1) is 7.38. The summed E-state index contributed by atoms with van der Waals surface area (Å²) >= 11 is 0. The third-order valence-corrected chi connectivity index (χ3v) is 2.97. The van der Waals surface area contributed by atoms with Gasteiger partial charge in [-0.1, -0.05) is 31.2 Å². The second kappa shape index (κ2) is 3.16. The summed E-state index contributed by atoms with van der Waals surface area (Å²) in [4.78, 5) is 0. The monoisotopic (exact) mass is 198 g/mol. The number of hydrogen-bond acceptors (Lipinski definition) is 2. The molecule has 0 aromatic heterocycles. The fourth-order valence-electron chi connectivity index (χ4n) is 2.20. The molecule has 0 bridgehead atoms. The molecule has 2 nitrogen and oxygen atoms in total. The zero-order valence-electron chi connectivity index (χ0n) is 8.75. The van der Waals surface area contributed by atoms with Crippen molar-refractivity contribution in [2.24, 2.45) is 0 Å². The zero-order valence-corrected chi connectivity index (χ0v) is 8.75. The predicted molar refractivity (Wildman–Crippen MR) is 65.3 cm³/mol. The summed E-state index contributed by atoms with van der Waals surface area (Å²) in [5.74, 6) is 0. The fraction of sp³-hybridized carbons (Fsp3) is 0.231. The summed E-state index contributed by atoms with van der Waals surface area (Å²) in [5.41, 5.74) is 2.49. The summed E-state index contributed by atoms with van der Waals surface area (Å²) < 4.78 is 0. The molecule has 0 amide bonds. The molecule has 2 N–H and O–H groups in total. The maximum Gasteiger partial charge on any atom is 0.0961 e. The second-order valence-corrected chi connectivity index (χ2v) is 3.96. The third kappa shape index (κ3) is 1.25. The van der Waals surface area contributed by atoms with Crippen LogP contribution in [0.2, 0.25) is 0 Å². The van der Waals surface area contributed by atoms with Crippen molar-refractivity contribution in [3.63, 3.8) is 0 Å². The van der Waals surface area contributed by atoms with Crippen LogP contribution in [0.5, 0.6) is 0 Å². The lowest BCUT2D eigenvalue weighted by molar-refractivity contribution is 0.775.